The van der Waals surface area contributed by atoms with Crippen LogP contribution in [0.15, 0.2) is 66.9 Å². The van der Waals surface area contributed by atoms with E-state index in [2.05, 4.69) is 15.2 Å². The van der Waals surface area contributed by atoms with E-state index in [0.29, 0.717) is 55.3 Å². The molecule has 35 heavy (non-hydrogen) atoms. The topological polar surface area (TPSA) is 78.0 Å². The first-order valence-electron chi connectivity index (χ1n) is 11.8. The number of hydrogen-bond donors (Lipinski definition) is 1. The van der Waals surface area contributed by atoms with Crippen LogP contribution in [0.4, 0.5) is 17.2 Å². The number of hydrogen-bond acceptors (Lipinski definition) is 6. The minimum absolute atomic E-state index is 0.0494. The van der Waals surface area contributed by atoms with Crippen molar-refractivity contribution in [2.24, 2.45) is 0 Å². The molecule has 1 aliphatic heterocycles. The van der Waals surface area contributed by atoms with Gasteiger partial charge < -0.3 is 24.8 Å². The van der Waals surface area contributed by atoms with Crippen LogP contribution in [-0.2, 0) is 0 Å². The van der Waals surface area contributed by atoms with Gasteiger partial charge in [0, 0.05) is 51.5 Å². The third-order valence-electron chi connectivity index (χ3n) is 5.96. The number of aromatic nitrogens is 1. The second-order valence-corrected chi connectivity index (χ2v) is 8.51. The van der Waals surface area contributed by atoms with Crippen LogP contribution >= 0.6 is 0 Å². The van der Waals surface area contributed by atoms with Crippen LogP contribution in [0.5, 0.6) is 5.75 Å². The predicted octanol–water partition coefficient (Wildman–Crippen LogP) is 3.76. The predicted molar refractivity (Wildman–Crippen MR) is 139 cm³/mol. The lowest BCUT2D eigenvalue weighted by Gasteiger charge is -2.35. The van der Waals surface area contributed by atoms with E-state index in [9.17, 15) is 9.59 Å². The maximum atomic E-state index is 12.9. The number of ether oxygens (including phenoxy) is 1. The zero-order valence-electron chi connectivity index (χ0n) is 20.4. The second-order valence-electron chi connectivity index (χ2n) is 8.51. The van der Waals surface area contributed by atoms with Gasteiger partial charge in [-0.05, 0) is 55.5 Å². The number of benzene rings is 2. The Balaban J connectivity index is 1.33. The Morgan fingerprint density at radius 2 is 1.69 bits per heavy atom. The van der Waals surface area contributed by atoms with Crippen molar-refractivity contribution in [1.82, 2.24) is 9.88 Å². The first-order chi connectivity index (χ1) is 17.0. The molecule has 1 fully saturated rings. The highest BCUT2D eigenvalue weighted by Gasteiger charge is 2.23. The summed E-state index contributed by atoms with van der Waals surface area (Å²) in [7, 11) is 3.96. The summed E-state index contributed by atoms with van der Waals surface area (Å²) >= 11 is 0. The van der Waals surface area contributed by atoms with Crippen molar-refractivity contribution in [1.29, 1.82) is 0 Å². The summed E-state index contributed by atoms with van der Waals surface area (Å²) in [4.78, 5) is 36.2. The molecule has 0 saturated carbocycles. The Morgan fingerprint density at radius 1 is 0.971 bits per heavy atom. The molecule has 1 aliphatic rings. The molecular weight excluding hydrogens is 442 g/mol. The Bertz CT molecular complexity index is 1150. The lowest BCUT2D eigenvalue weighted by Crippen LogP contribution is -2.49. The lowest BCUT2D eigenvalue weighted by atomic mass is 10.1. The van der Waals surface area contributed by atoms with Crippen LogP contribution < -0.4 is 19.9 Å². The van der Waals surface area contributed by atoms with Gasteiger partial charge in [-0.2, -0.15) is 0 Å². The van der Waals surface area contributed by atoms with Gasteiger partial charge in [-0.1, -0.05) is 12.1 Å². The first-order valence-corrected chi connectivity index (χ1v) is 11.8. The van der Waals surface area contributed by atoms with Crippen molar-refractivity contribution in [2.75, 3.05) is 62.0 Å². The smallest absolute Gasteiger partial charge is 0.259 e. The molecule has 4 rings (SSSR count). The maximum Gasteiger partial charge on any atom is 0.259 e. The van der Waals surface area contributed by atoms with Gasteiger partial charge in [-0.25, -0.2) is 4.98 Å². The number of rotatable bonds is 7. The highest BCUT2D eigenvalue weighted by molar-refractivity contribution is 6.06. The van der Waals surface area contributed by atoms with E-state index in [-0.39, 0.29) is 11.8 Å². The number of nitrogens with zero attached hydrogens (tertiary/aromatic N) is 4. The van der Waals surface area contributed by atoms with Gasteiger partial charge >= 0.3 is 0 Å². The van der Waals surface area contributed by atoms with Crippen molar-refractivity contribution in [3.63, 3.8) is 0 Å². The van der Waals surface area contributed by atoms with E-state index in [4.69, 9.17) is 4.74 Å². The minimum atomic E-state index is -0.241. The van der Waals surface area contributed by atoms with Gasteiger partial charge in [-0.15, -0.1) is 0 Å². The van der Waals surface area contributed by atoms with Crippen LogP contribution in [0.3, 0.4) is 0 Å². The number of nitrogens with one attached hydrogen (secondary N) is 1. The summed E-state index contributed by atoms with van der Waals surface area (Å²) in [6.45, 7) is 5.02. The Hall–Kier alpha value is -4.07. The van der Waals surface area contributed by atoms with Crippen molar-refractivity contribution >= 4 is 29.0 Å². The molecule has 0 radical (unpaired) electrons. The number of piperazine rings is 1. The summed E-state index contributed by atoms with van der Waals surface area (Å²) in [5, 5.41) is 2.88. The van der Waals surface area contributed by atoms with Crippen molar-refractivity contribution in [2.45, 2.75) is 6.92 Å². The molecule has 1 N–H and O–H groups in total. The summed E-state index contributed by atoms with van der Waals surface area (Å²) < 4.78 is 5.55. The van der Waals surface area contributed by atoms with Crippen LogP contribution in [0.1, 0.15) is 27.6 Å². The van der Waals surface area contributed by atoms with Gasteiger partial charge in [-0.3, -0.25) is 9.59 Å². The van der Waals surface area contributed by atoms with Gasteiger partial charge in [0.25, 0.3) is 11.8 Å². The number of anilines is 3. The average molecular weight is 474 g/mol. The van der Waals surface area contributed by atoms with Crippen LogP contribution in [0.2, 0.25) is 0 Å². The molecule has 3 aromatic rings. The van der Waals surface area contributed by atoms with E-state index >= 15 is 0 Å². The third-order valence-corrected chi connectivity index (χ3v) is 5.96. The van der Waals surface area contributed by atoms with Crippen molar-refractivity contribution in [3.05, 3.63) is 78.0 Å². The second kappa shape index (κ2) is 10.9. The molecule has 1 aromatic heterocycles. The summed E-state index contributed by atoms with van der Waals surface area (Å²) in [6.07, 6.45) is 1.65. The van der Waals surface area contributed by atoms with Crippen LogP contribution in [-0.4, -0.2) is 68.6 Å². The Morgan fingerprint density at radius 3 is 2.31 bits per heavy atom. The van der Waals surface area contributed by atoms with Gasteiger partial charge in [0.05, 0.1) is 24.1 Å². The SMILES string of the molecule is CCOc1ccccc1C(=O)Nc1ccc(N2CCN(C(=O)c3ccc(N(C)C)cc3)CC2)nc1. The molecule has 8 nitrogen and oxygen atoms in total. The number of carbonyl (C=O) groups excluding carboxylic acids is 2. The normalized spacial score (nSPS) is 13.3. The van der Waals surface area contributed by atoms with E-state index in [0.717, 1.165) is 11.5 Å². The molecule has 0 aliphatic carbocycles. The molecule has 0 unspecified atom stereocenters. The molecule has 2 heterocycles. The number of pyridine rings is 1. The molecule has 0 spiro atoms. The quantitative estimate of drug-likeness (QED) is 0.563. The zero-order valence-corrected chi connectivity index (χ0v) is 20.4. The molecule has 0 atom stereocenters. The molecule has 1 saturated heterocycles. The van der Waals surface area contributed by atoms with Crippen LogP contribution in [0, 0.1) is 0 Å². The average Bonchev–Trinajstić information content (AvgIpc) is 2.89. The zero-order chi connectivity index (χ0) is 24.8. The fourth-order valence-electron chi connectivity index (χ4n) is 4.00. The van der Waals surface area contributed by atoms with E-state index in [1.54, 1.807) is 18.3 Å². The van der Waals surface area contributed by atoms with E-state index < -0.39 is 0 Å². The molecule has 0 bridgehead atoms. The van der Waals surface area contributed by atoms with Crippen molar-refractivity contribution < 1.29 is 14.3 Å². The summed E-state index contributed by atoms with van der Waals surface area (Å²) in [6, 6.07) is 18.6. The fourth-order valence-corrected chi connectivity index (χ4v) is 4.00. The molecular formula is C27H31N5O3. The van der Waals surface area contributed by atoms with Gasteiger partial charge in [0.1, 0.15) is 11.6 Å². The Labute approximate surface area is 206 Å². The van der Waals surface area contributed by atoms with Gasteiger partial charge in [0.15, 0.2) is 0 Å². The third kappa shape index (κ3) is 5.71. The highest BCUT2D eigenvalue weighted by atomic mass is 16.5. The highest BCUT2D eigenvalue weighted by Crippen LogP contribution is 2.22. The number of amides is 2. The summed E-state index contributed by atoms with van der Waals surface area (Å²) in [5.74, 6) is 1.18. The first kappa shape index (κ1) is 24.1. The molecule has 2 amide bonds. The standard InChI is InChI=1S/C27H31N5O3/c1-4-35-24-8-6-5-7-23(24)26(33)29-21-11-14-25(28-19-21)31-15-17-32(18-16-31)27(34)20-9-12-22(13-10-20)30(2)3/h5-14,19H,4,15-18H2,1-3H3,(H,29,33). The minimum Gasteiger partial charge on any atom is -0.493 e. The fraction of sp³-hybridized carbons (Fsp3) is 0.296. The van der Waals surface area contributed by atoms with E-state index in [1.165, 1.54) is 0 Å². The molecule has 8 heteroatoms. The molecule has 182 valence electrons. The number of para-hydroxylation sites is 1. The van der Waals surface area contributed by atoms with Gasteiger partial charge in [0.2, 0.25) is 0 Å². The van der Waals surface area contributed by atoms with Crippen molar-refractivity contribution in [3.8, 4) is 5.75 Å². The molecule has 2 aromatic carbocycles. The largest absolute Gasteiger partial charge is 0.493 e. The lowest BCUT2D eigenvalue weighted by molar-refractivity contribution is 0.0746. The van der Waals surface area contributed by atoms with E-state index in [1.807, 2.05) is 79.3 Å². The summed E-state index contributed by atoms with van der Waals surface area (Å²) in [5.41, 5.74) is 2.86. The maximum absolute atomic E-state index is 12.9. The Kier molecular flexibility index (Phi) is 7.50. The number of carbonyl (C=O) groups is 2. The van der Waals surface area contributed by atoms with Crippen LogP contribution in [0.25, 0.3) is 0 Å². The monoisotopic (exact) mass is 473 g/mol.